The van der Waals surface area contributed by atoms with E-state index in [1.807, 2.05) is 12.1 Å². The number of H-pyrrole nitrogens is 1. The van der Waals surface area contributed by atoms with E-state index in [-0.39, 0.29) is 12.0 Å². The molecule has 0 spiro atoms. The van der Waals surface area contributed by atoms with Gasteiger partial charge in [-0.2, -0.15) is 4.98 Å². The summed E-state index contributed by atoms with van der Waals surface area (Å²) in [6, 6.07) is 8.23. The fourth-order valence-electron chi connectivity index (χ4n) is 3.60. The van der Waals surface area contributed by atoms with E-state index < -0.39 is 0 Å². The van der Waals surface area contributed by atoms with Crippen molar-refractivity contribution < 1.29 is 14.3 Å². The summed E-state index contributed by atoms with van der Waals surface area (Å²) in [5.74, 6) is 0.874. The van der Waals surface area contributed by atoms with Crippen LogP contribution in [0.5, 0.6) is 0 Å². The fourth-order valence-corrected chi connectivity index (χ4v) is 3.60. The molecule has 3 aromatic rings. The van der Waals surface area contributed by atoms with E-state index in [4.69, 9.17) is 9.47 Å². The Morgan fingerprint density at radius 2 is 2.32 bits per heavy atom. The molecule has 1 aliphatic rings. The number of para-hydroxylation sites is 1. The lowest BCUT2D eigenvalue weighted by molar-refractivity contribution is -0.116. The molecule has 0 aliphatic carbocycles. The van der Waals surface area contributed by atoms with E-state index in [9.17, 15) is 4.79 Å². The van der Waals surface area contributed by atoms with Crippen LogP contribution in [-0.2, 0) is 27.2 Å². The van der Waals surface area contributed by atoms with Crippen LogP contribution in [0.25, 0.3) is 10.9 Å². The van der Waals surface area contributed by atoms with Gasteiger partial charge in [-0.25, -0.2) is 0 Å². The maximum absolute atomic E-state index is 12.4. The summed E-state index contributed by atoms with van der Waals surface area (Å²) in [5, 5.41) is 10.9. The van der Waals surface area contributed by atoms with Crippen molar-refractivity contribution in [2.45, 2.75) is 38.3 Å². The lowest BCUT2D eigenvalue weighted by Gasteiger charge is -2.03. The van der Waals surface area contributed by atoms with Gasteiger partial charge in [0.2, 0.25) is 11.9 Å². The summed E-state index contributed by atoms with van der Waals surface area (Å²) in [6.45, 7) is 2.17. The van der Waals surface area contributed by atoms with Crippen molar-refractivity contribution in [2.24, 2.45) is 0 Å². The number of ether oxygens (including phenoxy) is 2. The highest BCUT2D eigenvalue weighted by molar-refractivity contribution is 5.90. The number of carbonyl (C=O) groups excluding carboxylic acids is 1. The van der Waals surface area contributed by atoms with Crippen LogP contribution < -0.4 is 5.32 Å². The van der Waals surface area contributed by atoms with E-state index >= 15 is 0 Å². The quantitative estimate of drug-likeness (QED) is 0.624. The van der Waals surface area contributed by atoms with Crippen molar-refractivity contribution >= 4 is 22.8 Å². The van der Waals surface area contributed by atoms with Crippen LogP contribution in [0.3, 0.4) is 0 Å². The number of hydrogen-bond donors (Lipinski definition) is 2. The molecule has 148 valence electrons. The minimum absolute atomic E-state index is 0.0450. The van der Waals surface area contributed by atoms with Gasteiger partial charge in [0.05, 0.1) is 6.61 Å². The normalized spacial score (nSPS) is 16.7. The van der Waals surface area contributed by atoms with Gasteiger partial charge in [-0.05, 0) is 30.9 Å². The van der Waals surface area contributed by atoms with Crippen LogP contribution in [0.15, 0.2) is 30.5 Å². The largest absolute Gasteiger partial charge is 0.383 e. The van der Waals surface area contributed by atoms with E-state index in [0.29, 0.717) is 31.2 Å². The van der Waals surface area contributed by atoms with Crippen LogP contribution in [0.1, 0.15) is 36.8 Å². The van der Waals surface area contributed by atoms with Gasteiger partial charge in [0.1, 0.15) is 6.10 Å². The molecule has 1 atom stereocenters. The van der Waals surface area contributed by atoms with Gasteiger partial charge < -0.3 is 14.0 Å². The minimum Gasteiger partial charge on any atom is -0.383 e. The number of fused-ring (bicyclic) bond motifs is 1. The number of rotatable bonds is 8. The Morgan fingerprint density at radius 3 is 3.14 bits per heavy atom. The zero-order valence-electron chi connectivity index (χ0n) is 16.0. The highest BCUT2D eigenvalue weighted by Crippen LogP contribution is 2.26. The molecule has 1 aromatic carbocycles. The van der Waals surface area contributed by atoms with Crippen LogP contribution in [-0.4, -0.2) is 46.0 Å². The number of methoxy groups -OCH3 is 1. The Balaban J connectivity index is 1.38. The van der Waals surface area contributed by atoms with Crippen molar-refractivity contribution in [2.75, 3.05) is 25.6 Å². The van der Waals surface area contributed by atoms with Crippen molar-refractivity contribution in [1.82, 2.24) is 19.7 Å². The lowest BCUT2D eigenvalue weighted by atomic mass is 10.1. The smallest absolute Gasteiger partial charge is 0.248 e. The second-order valence-corrected chi connectivity index (χ2v) is 6.95. The highest BCUT2D eigenvalue weighted by Gasteiger charge is 2.21. The number of benzene rings is 1. The van der Waals surface area contributed by atoms with Crippen molar-refractivity contribution in [3.63, 3.8) is 0 Å². The molecular formula is C20H25N5O3. The molecule has 2 aromatic heterocycles. The molecule has 28 heavy (non-hydrogen) atoms. The topological polar surface area (TPSA) is 94.1 Å². The van der Waals surface area contributed by atoms with Crippen molar-refractivity contribution in [1.29, 1.82) is 0 Å². The van der Waals surface area contributed by atoms with Gasteiger partial charge in [-0.3, -0.25) is 15.2 Å². The highest BCUT2D eigenvalue weighted by atomic mass is 16.5. The SMILES string of the molecule is COCCn1cc(CCC(=O)Nc2n[nH]c(C3CCCO3)n2)c2ccccc21. The lowest BCUT2D eigenvalue weighted by Crippen LogP contribution is -2.13. The minimum atomic E-state index is -0.105. The van der Waals surface area contributed by atoms with Gasteiger partial charge >= 0.3 is 0 Å². The molecule has 1 amide bonds. The van der Waals surface area contributed by atoms with Gasteiger partial charge in [0.15, 0.2) is 5.82 Å². The van der Waals surface area contributed by atoms with E-state index in [1.54, 1.807) is 7.11 Å². The van der Waals surface area contributed by atoms with E-state index in [2.05, 4.69) is 43.4 Å². The summed E-state index contributed by atoms with van der Waals surface area (Å²) in [6.07, 6.45) is 5.02. The third-order valence-electron chi connectivity index (χ3n) is 5.02. The molecule has 1 unspecified atom stereocenters. The van der Waals surface area contributed by atoms with E-state index in [1.165, 1.54) is 5.39 Å². The average molecular weight is 383 g/mol. The summed E-state index contributed by atoms with van der Waals surface area (Å²) in [5.41, 5.74) is 2.31. The number of aromatic nitrogens is 4. The molecule has 0 saturated carbocycles. The second kappa shape index (κ2) is 8.53. The number of anilines is 1. The Kier molecular flexibility index (Phi) is 5.68. The summed E-state index contributed by atoms with van der Waals surface area (Å²) in [7, 11) is 1.70. The molecule has 1 aliphatic heterocycles. The molecule has 2 N–H and O–H groups in total. The first kappa shape index (κ1) is 18.6. The monoisotopic (exact) mass is 383 g/mol. The summed E-state index contributed by atoms with van der Waals surface area (Å²) in [4.78, 5) is 16.7. The molecule has 8 heteroatoms. The van der Waals surface area contributed by atoms with Crippen LogP contribution in [0.2, 0.25) is 0 Å². The van der Waals surface area contributed by atoms with Gasteiger partial charge in [-0.1, -0.05) is 18.2 Å². The third kappa shape index (κ3) is 4.07. The Hall–Kier alpha value is -2.71. The first-order valence-electron chi connectivity index (χ1n) is 9.64. The Morgan fingerprint density at radius 1 is 1.43 bits per heavy atom. The van der Waals surface area contributed by atoms with Gasteiger partial charge in [0.25, 0.3) is 0 Å². The average Bonchev–Trinajstić information content (AvgIpc) is 3.45. The second-order valence-electron chi connectivity index (χ2n) is 6.95. The van der Waals surface area contributed by atoms with Crippen molar-refractivity contribution in [3.05, 3.63) is 41.9 Å². The van der Waals surface area contributed by atoms with Crippen LogP contribution in [0.4, 0.5) is 5.95 Å². The maximum atomic E-state index is 12.4. The zero-order valence-corrected chi connectivity index (χ0v) is 16.0. The number of aromatic amines is 1. The fraction of sp³-hybridized carbons (Fsp3) is 0.450. The number of nitrogens with one attached hydrogen (secondary N) is 2. The number of nitrogens with zero attached hydrogens (tertiary/aromatic N) is 3. The molecule has 8 nitrogen and oxygen atoms in total. The van der Waals surface area contributed by atoms with Gasteiger partial charge in [0, 0.05) is 43.8 Å². The zero-order chi connectivity index (χ0) is 19.3. The molecule has 3 heterocycles. The number of aryl methyl sites for hydroxylation is 1. The predicted octanol–water partition coefficient (Wildman–Crippen LogP) is 2.83. The van der Waals surface area contributed by atoms with Crippen LogP contribution >= 0.6 is 0 Å². The summed E-state index contributed by atoms with van der Waals surface area (Å²) >= 11 is 0. The molecule has 1 fully saturated rings. The molecule has 0 bridgehead atoms. The van der Waals surface area contributed by atoms with Gasteiger partial charge in [-0.15, -0.1) is 5.10 Å². The van der Waals surface area contributed by atoms with E-state index in [0.717, 1.165) is 37.1 Å². The maximum Gasteiger partial charge on any atom is 0.248 e. The summed E-state index contributed by atoms with van der Waals surface area (Å²) < 4.78 is 12.9. The first-order chi connectivity index (χ1) is 13.7. The molecule has 0 radical (unpaired) electrons. The Labute approximate surface area is 163 Å². The predicted molar refractivity (Wildman–Crippen MR) is 105 cm³/mol. The van der Waals surface area contributed by atoms with Crippen LogP contribution in [0, 0.1) is 0 Å². The Bertz CT molecular complexity index is 942. The number of amides is 1. The molecule has 4 rings (SSSR count). The first-order valence-corrected chi connectivity index (χ1v) is 9.64. The standard InChI is InChI=1S/C20H25N5O3/c1-27-12-10-25-13-14(15-5-2-3-6-16(15)25)8-9-18(26)21-20-22-19(23-24-20)17-7-4-11-28-17/h2-3,5-6,13,17H,4,7-12H2,1H3,(H2,21,22,23,24,26). The third-order valence-corrected chi connectivity index (χ3v) is 5.02. The number of carbonyl (C=O) groups is 1. The molecular weight excluding hydrogens is 358 g/mol. The van der Waals surface area contributed by atoms with Crippen molar-refractivity contribution in [3.8, 4) is 0 Å². The number of hydrogen-bond acceptors (Lipinski definition) is 5. The molecule has 1 saturated heterocycles.